The summed E-state index contributed by atoms with van der Waals surface area (Å²) in [5.74, 6) is 0.996. The first-order valence-corrected chi connectivity index (χ1v) is 11.4. The highest BCUT2D eigenvalue weighted by Gasteiger charge is 2.26. The van der Waals surface area contributed by atoms with Crippen molar-refractivity contribution in [2.24, 2.45) is 0 Å². The molecule has 8 nitrogen and oxygen atoms in total. The second-order valence-electron chi connectivity index (χ2n) is 7.58. The molecular weight excluding hydrogens is 442 g/mol. The minimum Gasteiger partial charge on any atom is -0.507 e. The van der Waals surface area contributed by atoms with E-state index in [0.29, 0.717) is 43.4 Å². The summed E-state index contributed by atoms with van der Waals surface area (Å²) in [5, 5.41) is 12.6. The van der Waals surface area contributed by atoms with Crippen LogP contribution in [0.15, 0.2) is 47.8 Å². The molecule has 2 heterocycles. The summed E-state index contributed by atoms with van der Waals surface area (Å²) >= 11 is 1.47. The standard InChI is InChI=1S/C24H25N3O5S/c1-31-20-8-7-16(13-21(20)32-2)23-25-17(15-33-23)14-22(29)26-9-11-27(12-10-26)24(30)18-5-3-4-6-19(18)28/h3-8,13,15,28H,9-12,14H2,1-2H3. The monoisotopic (exact) mass is 467 g/mol. The van der Waals surface area contributed by atoms with E-state index in [-0.39, 0.29) is 29.5 Å². The molecule has 4 rings (SSSR count). The maximum Gasteiger partial charge on any atom is 0.257 e. The van der Waals surface area contributed by atoms with Crippen molar-refractivity contribution in [1.29, 1.82) is 0 Å². The number of benzene rings is 2. The Morgan fingerprint density at radius 3 is 2.39 bits per heavy atom. The van der Waals surface area contributed by atoms with Gasteiger partial charge in [0.1, 0.15) is 10.8 Å². The van der Waals surface area contributed by atoms with Crippen molar-refractivity contribution in [2.45, 2.75) is 6.42 Å². The zero-order valence-electron chi connectivity index (χ0n) is 18.5. The van der Waals surface area contributed by atoms with E-state index < -0.39 is 0 Å². The average molecular weight is 468 g/mol. The largest absolute Gasteiger partial charge is 0.507 e. The second-order valence-corrected chi connectivity index (χ2v) is 8.44. The zero-order valence-corrected chi connectivity index (χ0v) is 19.3. The molecule has 1 saturated heterocycles. The van der Waals surface area contributed by atoms with Gasteiger partial charge < -0.3 is 24.4 Å². The van der Waals surface area contributed by atoms with Crippen LogP contribution in [0.3, 0.4) is 0 Å². The summed E-state index contributed by atoms with van der Waals surface area (Å²) in [6, 6.07) is 12.1. The third kappa shape index (κ3) is 4.93. The minimum atomic E-state index is -0.223. The second kappa shape index (κ2) is 9.91. The van der Waals surface area contributed by atoms with Gasteiger partial charge in [0.05, 0.1) is 31.9 Å². The Morgan fingerprint density at radius 2 is 1.70 bits per heavy atom. The SMILES string of the molecule is COc1ccc(-c2nc(CC(=O)N3CCN(C(=O)c4ccccc4O)CC3)cs2)cc1OC. The lowest BCUT2D eigenvalue weighted by Crippen LogP contribution is -2.51. The summed E-state index contributed by atoms with van der Waals surface area (Å²) in [5.41, 5.74) is 1.89. The number of nitrogens with zero attached hydrogens (tertiary/aromatic N) is 3. The molecule has 2 aromatic carbocycles. The van der Waals surface area contributed by atoms with Crippen LogP contribution in [0.25, 0.3) is 10.6 Å². The first-order chi connectivity index (χ1) is 16.0. The van der Waals surface area contributed by atoms with Crippen LogP contribution in [0.4, 0.5) is 0 Å². The van der Waals surface area contributed by atoms with E-state index in [1.165, 1.54) is 17.4 Å². The third-order valence-corrected chi connectivity index (χ3v) is 6.51. The van der Waals surface area contributed by atoms with Crippen molar-refractivity contribution >= 4 is 23.2 Å². The molecule has 0 atom stereocenters. The smallest absolute Gasteiger partial charge is 0.257 e. The number of rotatable bonds is 6. The molecule has 0 bridgehead atoms. The molecule has 1 aliphatic heterocycles. The number of aromatic nitrogens is 1. The normalized spacial score (nSPS) is 13.6. The van der Waals surface area contributed by atoms with Crippen LogP contribution in [0.1, 0.15) is 16.1 Å². The van der Waals surface area contributed by atoms with Crippen LogP contribution in [0.5, 0.6) is 17.2 Å². The molecular formula is C24H25N3O5S. The molecule has 1 N–H and O–H groups in total. The first kappa shape index (κ1) is 22.6. The van der Waals surface area contributed by atoms with Gasteiger partial charge in [-0.2, -0.15) is 0 Å². The molecule has 33 heavy (non-hydrogen) atoms. The van der Waals surface area contributed by atoms with E-state index >= 15 is 0 Å². The van der Waals surface area contributed by atoms with Crippen molar-refractivity contribution in [2.75, 3.05) is 40.4 Å². The quantitative estimate of drug-likeness (QED) is 0.599. The van der Waals surface area contributed by atoms with Gasteiger partial charge in [-0.15, -0.1) is 11.3 Å². The van der Waals surface area contributed by atoms with Crippen LogP contribution in [0.2, 0.25) is 0 Å². The highest BCUT2D eigenvalue weighted by Crippen LogP contribution is 2.33. The molecule has 1 fully saturated rings. The Bertz CT molecular complexity index is 1150. The molecule has 3 aromatic rings. The van der Waals surface area contributed by atoms with Gasteiger partial charge in [-0.1, -0.05) is 12.1 Å². The van der Waals surface area contributed by atoms with Crippen molar-refractivity contribution in [3.8, 4) is 27.8 Å². The van der Waals surface area contributed by atoms with E-state index in [9.17, 15) is 14.7 Å². The summed E-state index contributed by atoms with van der Waals surface area (Å²) in [6.45, 7) is 1.75. The topological polar surface area (TPSA) is 92.2 Å². The predicted molar refractivity (Wildman–Crippen MR) is 125 cm³/mol. The molecule has 0 aliphatic carbocycles. The Hall–Kier alpha value is -3.59. The highest BCUT2D eigenvalue weighted by atomic mass is 32.1. The first-order valence-electron chi connectivity index (χ1n) is 10.5. The number of amides is 2. The van der Waals surface area contributed by atoms with Gasteiger partial charge in [-0.05, 0) is 30.3 Å². The maximum absolute atomic E-state index is 12.8. The number of hydrogen-bond donors (Lipinski definition) is 1. The van der Waals surface area contributed by atoms with Crippen molar-refractivity contribution in [3.05, 3.63) is 59.1 Å². The molecule has 0 saturated carbocycles. The Balaban J connectivity index is 1.35. The van der Waals surface area contributed by atoms with E-state index in [1.54, 1.807) is 42.2 Å². The number of phenols is 1. The minimum absolute atomic E-state index is 0.0196. The van der Waals surface area contributed by atoms with Gasteiger partial charge in [-0.3, -0.25) is 9.59 Å². The fraction of sp³-hybridized carbons (Fsp3) is 0.292. The Kier molecular flexibility index (Phi) is 6.79. The molecule has 2 amide bonds. The van der Waals surface area contributed by atoms with Crippen molar-refractivity contribution in [3.63, 3.8) is 0 Å². The van der Waals surface area contributed by atoms with Crippen LogP contribution in [0, 0.1) is 0 Å². The van der Waals surface area contributed by atoms with Gasteiger partial charge in [0.2, 0.25) is 5.91 Å². The van der Waals surface area contributed by atoms with Gasteiger partial charge >= 0.3 is 0 Å². The van der Waals surface area contributed by atoms with Crippen molar-refractivity contribution < 1.29 is 24.2 Å². The third-order valence-electron chi connectivity index (χ3n) is 5.57. The van der Waals surface area contributed by atoms with E-state index in [4.69, 9.17) is 9.47 Å². The molecule has 0 radical (unpaired) electrons. The Labute approximate surface area is 196 Å². The lowest BCUT2D eigenvalue weighted by Gasteiger charge is -2.34. The number of piperazine rings is 1. The number of phenolic OH excluding ortho intramolecular Hbond substituents is 1. The van der Waals surface area contributed by atoms with Crippen molar-refractivity contribution in [1.82, 2.24) is 14.8 Å². The van der Waals surface area contributed by atoms with Crippen LogP contribution < -0.4 is 9.47 Å². The summed E-state index contributed by atoms with van der Waals surface area (Å²) < 4.78 is 10.6. The molecule has 9 heteroatoms. The van der Waals surface area contributed by atoms with E-state index in [1.807, 2.05) is 23.6 Å². The van der Waals surface area contributed by atoms with E-state index in [0.717, 1.165) is 10.6 Å². The molecule has 1 aliphatic rings. The number of carbonyl (C=O) groups is 2. The summed E-state index contributed by atoms with van der Waals surface area (Å²) in [6.07, 6.45) is 0.206. The summed E-state index contributed by atoms with van der Waals surface area (Å²) in [7, 11) is 3.18. The number of carbonyl (C=O) groups excluding carboxylic acids is 2. The number of thiazole rings is 1. The fourth-order valence-corrected chi connectivity index (χ4v) is 4.56. The zero-order chi connectivity index (χ0) is 23.4. The average Bonchev–Trinajstić information content (AvgIpc) is 3.32. The number of hydrogen-bond acceptors (Lipinski definition) is 7. The maximum atomic E-state index is 12.8. The van der Waals surface area contributed by atoms with Gasteiger partial charge in [0, 0.05) is 37.1 Å². The number of aromatic hydroxyl groups is 1. The summed E-state index contributed by atoms with van der Waals surface area (Å²) in [4.78, 5) is 33.5. The van der Waals surface area contributed by atoms with Crippen LogP contribution in [-0.2, 0) is 11.2 Å². The molecule has 0 spiro atoms. The van der Waals surface area contributed by atoms with Gasteiger partial charge in [0.25, 0.3) is 5.91 Å². The highest BCUT2D eigenvalue weighted by molar-refractivity contribution is 7.13. The lowest BCUT2D eigenvalue weighted by molar-refractivity contribution is -0.132. The van der Waals surface area contributed by atoms with Crippen LogP contribution >= 0.6 is 11.3 Å². The van der Waals surface area contributed by atoms with E-state index in [2.05, 4.69) is 4.98 Å². The Morgan fingerprint density at radius 1 is 1.00 bits per heavy atom. The number of para-hydroxylation sites is 1. The van der Waals surface area contributed by atoms with Gasteiger partial charge in [0.15, 0.2) is 11.5 Å². The number of ether oxygens (including phenoxy) is 2. The molecule has 0 unspecified atom stereocenters. The lowest BCUT2D eigenvalue weighted by atomic mass is 10.1. The fourth-order valence-electron chi connectivity index (χ4n) is 3.74. The van der Waals surface area contributed by atoms with Crippen LogP contribution in [-0.4, -0.2) is 72.1 Å². The van der Waals surface area contributed by atoms with Gasteiger partial charge in [-0.25, -0.2) is 4.98 Å². The predicted octanol–water partition coefficient (Wildman–Crippen LogP) is 3.06. The number of methoxy groups -OCH3 is 2. The molecule has 1 aromatic heterocycles. The molecule has 172 valence electrons.